The number of hydrogen-bond acceptors (Lipinski definition) is 6. The Labute approximate surface area is 181 Å². The molecule has 1 aliphatic rings. The number of rotatable bonds is 9. The van der Waals surface area contributed by atoms with Crippen LogP contribution in [-0.2, 0) is 9.59 Å². The number of ether oxygens (including phenoxy) is 1. The van der Waals surface area contributed by atoms with Gasteiger partial charge in [-0.15, -0.1) is 11.3 Å². The van der Waals surface area contributed by atoms with E-state index in [4.69, 9.17) is 4.74 Å². The van der Waals surface area contributed by atoms with E-state index < -0.39 is 0 Å². The monoisotopic (exact) mass is 430 g/mol. The minimum atomic E-state index is -0.0614. The molecule has 1 aliphatic heterocycles. The number of thiazole rings is 1. The number of carbonyl (C=O) groups is 2. The van der Waals surface area contributed by atoms with E-state index in [9.17, 15) is 9.59 Å². The van der Waals surface area contributed by atoms with Gasteiger partial charge in [0.25, 0.3) is 0 Å². The number of nitrogens with one attached hydrogen (secondary N) is 2. The molecule has 8 heteroatoms. The second-order valence-corrected chi connectivity index (χ2v) is 8.49. The summed E-state index contributed by atoms with van der Waals surface area (Å²) in [5.41, 5.74) is 2.69. The number of unbranched alkanes of at least 4 members (excludes halogenated alkanes) is 1. The van der Waals surface area contributed by atoms with Crippen LogP contribution in [0.25, 0.3) is 11.3 Å². The summed E-state index contributed by atoms with van der Waals surface area (Å²) in [6, 6.07) is 5.83. The van der Waals surface area contributed by atoms with E-state index >= 15 is 0 Å². The van der Waals surface area contributed by atoms with Crippen molar-refractivity contribution >= 4 is 28.3 Å². The van der Waals surface area contributed by atoms with Gasteiger partial charge in [-0.2, -0.15) is 0 Å². The van der Waals surface area contributed by atoms with Crippen LogP contribution in [0.5, 0.6) is 5.75 Å². The molecular formula is C22H30N4O3S. The van der Waals surface area contributed by atoms with Gasteiger partial charge < -0.3 is 20.3 Å². The van der Waals surface area contributed by atoms with Gasteiger partial charge in [0.2, 0.25) is 11.8 Å². The summed E-state index contributed by atoms with van der Waals surface area (Å²) in [5, 5.41) is 8.42. The van der Waals surface area contributed by atoms with Gasteiger partial charge in [0.05, 0.1) is 18.3 Å². The quantitative estimate of drug-likeness (QED) is 0.632. The van der Waals surface area contributed by atoms with Crippen molar-refractivity contribution in [3.63, 3.8) is 0 Å². The van der Waals surface area contributed by atoms with E-state index in [0.717, 1.165) is 54.9 Å². The highest BCUT2D eigenvalue weighted by molar-refractivity contribution is 7.14. The van der Waals surface area contributed by atoms with E-state index in [0.29, 0.717) is 18.2 Å². The summed E-state index contributed by atoms with van der Waals surface area (Å²) in [6.45, 7) is 6.01. The lowest BCUT2D eigenvalue weighted by Gasteiger charge is -2.26. The average Bonchev–Trinajstić information content (AvgIpc) is 3.18. The molecule has 2 heterocycles. The summed E-state index contributed by atoms with van der Waals surface area (Å²) in [7, 11) is 2.04. The van der Waals surface area contributed by atoms with Gasteiger partial charge in [0, 0.05) is 42.8 Å². The third-order valence-electron chi connectivity index (χ3n) is 5.09. The van der Waals surface area contributed by atoms with Crippen molar-refractivity contribution in [1.29, 1.82) is 0 Å². The minimum Gasteiger partial charge on any atom is -0.493 e. The molecule has 1 aromatic heterocycles. The van der Waals surface area contributed by atoms with E-state index in [-0.39, 0.29) is 17.9 Å². The Balaban J connectivity index is 1.63. The fourth-order valence-electron chi connectivity index (χ4n) is 3.43. The van der Waals surface area contributed by atoms with Crippen LogP contribution < -0.4 is 15.4 Å². The van der Waals surface area contributed by atoms with Gasteiger partial charge in [0.1, 0.15) is 5.75 Å². The molecule has 2 amide bonds. The lowest BCUT2D eigenvalue weighted by Crippen LogP contribution is -2.30. The van der Waals surface area contributed by atoms with Crippen molar-refractivity contribution in [3.05, 3.63) is 29.1 Å². The highest BCUT2D eigenvalue weighted by Crippen LogP contribution is 2.36. The predicted molar refractivity (Wildman–Crippen MR) is 120 cm³/mol. The van der Waals surface area contributed by atoms with Crippen LogP contribution in [0.2, 0.25) is 0 Å². The van der Waals surface area contributed by atoms with E-state index in [1.807, 2.05) is 30.6 Å². The Bertz CT molecular complexity index is 883. The molecule has 0 saturated carbocycles. The first-order valence-electron chi connectivity index (χ1n) is 10.4. The van der Waals surface area contributed by atoms with Crippen LogP contribution in [0.4, 0.5) is 5.13 Å². The molecule has 0 fully saturated rings. The Morgan fingerprint density at radius 1 is 1.33 bits per heavy atom. The average molecular weight is 431 g/mol. The summed E-state index contributed by atoms with van der Waals surface area (Å²) in [6.07, 6.45) is 3.48. The number of anilines is 1. The van der Waals surface area contributed by atoms with Crippen molar-refractivity contribution in [2.45, 2.75) is 45.6 Å². The first kappa shape index (κ1) is 22.2. The zero-order chi connectivity index (χ0) is 21.5. The van der Waals surface area contributed by atoms with E-state index in [1.165, 1.54) is 18.3 Å². The Morgan fingerprint density at radius 3 is 2.93 bits per heavy atom. The number of nitrogens with zero attached hydrogens (tertiary/aromatic N) is 2. The molecule has 1 unspecified atom stereocenters. The molecule has 1 atom stereocenters. The zero-order valence-electron chi connectivity index (χ0n) is 17.9. The summed E-state index contributed by atoms with van der Waals surface area (Å²) < 4.78 is 5.72. The number of aromatic nitrogens is 1. The highest BCUT2D eigenvalue weighted by atomic mass is 32.1. The molecule has 0 radical (unpaired) electrons. The Hall–Kier alpha value is -2.45. The standard InChI is InChI=1S/C22H30N4O3S/c1-4-5-10-26(3)11-8-21(28)25-22-24-19(14-30-22)16-6-7-20-17(13-16)18(9-12-29-20)23-15(2)27/h6-7,13-14,18H,4-5,8-12H2,1-3H3,(H,23,27)(H,24,25,28). The maximum Gasteiger partial charge on any atom is 0.227 e. The summed E-state index contributed by atoms with van der Waals surface area (Å²) in [5.74, 6) is 0.709. The van der Waals surface area contributed by atoms with Crippen LogP contribution in [0.3, 0.4) is 0 Å². The first-order chi connectivity index (χ1) is 14.5. The molecule has 0 saturated heterocycles. The Morgan fingerprint density at radius 2 is 2.17 bits per heavy atom. The molecule has 162 valence electrons. The number of hydrogen-bond donors (Lipinski definition) is 2. The third-order valence-corrected chi connectivity index (χ3v) is 5.84. The molecule has 0 spiro atoms. The van der Waals surface area contributed by atoms with Crippen molar-refractivity contribution in [3.8, 4) is 17.0 Å². The SMILES string of the molecule is CCCCN(C)CCC(=O)Nc1nc(-c2ccc3c(c2)C(NC(C)=O)CCO3)cs1. The second kappa shape index (κ2) is 10.5. The lowest BCUT2D eigenvalue weighted by molar-refractivity contribution is -0.120. The molecule has 2 N–H and O–H groups in total. The van der Waals surface area contributed by atoms with Gasteiger partial charge in [-0.05, 0) is 38.2 Å². The Kier molecular flexibility index (Phi) is 7.81. The molecule has 7 nitrogen and oxygen atoms in total. The largest absolute Gasteiger partial charge is 0.493 e. The van der Waals surface area contributed by atoms with Gasteiger partial charge in [-0.25, -0.2) is 4.98 Å². The number of fused-ring (bicyclic) bond motifs is 1. The number of carbonyl (C=O) groups excluding carboxylic acids is 2. The summed E-state index contributed by atoms with van der Waals surface area (Å²) in [4.78, 5) is 30.5. The topological polar surface area (TPSA) is 83.6 Å². The van der Waals surface area contributed by atoms with E-state index in [1.54, 1.807) is 0 Å². The smallest absolute Gasteiger partial charge is 0.227 e. The first-order valence-corrected chi connectivity index (χ1v) is 11.3. The van der Waals surface area contributed by atoms with Crippen molar-refractivity contribution in [1.82, 2.24) is 15.2 Å². The molecule has 1 aromatic carbocycles. The highest BCUT2D eigenvalue weighted by Gasteiger charge is 2.23. The number of benzene rings is 1. The van der Waals surface area contributed by atoms with Crippen LogP contribution >= 0.6 is 11.3 Å². The van der Waals surface area contributed by atoms with Crippen LogP contribution in [0.1, 0.15) is 51.1 Å². The van der Waals surface area contributed by atoms with Crippen LogP contribution in [0, 0.1) is 0 Å². The molecule has 3 rings (SSSR count). The van der Waals surface area contributed by atoms with Crippen molar-refractivity contribution in [2.24, 2.45) is 0 Å². The lowest BCUT2D eigenvalue weighted by atomic mass is 9.97. The predicted octanol–water partition coefficient (Wildman–Crippen LogP) is 3.83. The number of amides is 2. The van der Waals surface area contributed by atoms with Gasteiger partial charge in [0.15, 0.2) is 5.13 Å². The van der Waals surface area contributed by atoms with Gasteiger partial charge in [-0.3, -0.25) is 9.59 Å². The maximum atomic E-state index is 12.2. The summed E-state index contributed by atoms with van der Waals surface area (Å²) >= 11 is 1.41. The second-order valence-electron chi connectivity index (χ2n) is 7.64. The van der Waals surface area contributed by atoms with Gasteiger partial charge >= 0.3 is 0 Å². The van der Waals surface area contributed by atoms with Gasteiger partial charge in [-0.1, -0.05) is 13.3 Å². The van der Waals surface area contributed by atoms with Crippen LogP contribution in [0.15, 0.2) is 23.6 Å². The zero-order valence-corrected chi connectivity index (χ0v) is 18.7. The molecule has 0 bridgehead atoms. The van der Waals surface area contributed by atoms with Crippen LogP contribution in [-0.4, -0.2) is 48.4 Å². The normalized spacial score (nSPS) is 15.4. The van der Waals surface area contributed by atoms with Crippen molar-refractivity contribution < 1.29 is 14.3 Å². The fraction of sp³-hybridized carbons (Fsp3) is 0.500. The fourth-order valence-corrected chi connectivity index (χ4v) is 4.16. The molecular weight excluding hydrogens is 400 g/mol. The minimum absolute atomic E-state index is 0.0242. The van der Waals surface area contributed by atoms with E-state index in [2.05, 4.69) is 27.4 Å². The third kappa shape index (κ3) is 6.03. The molecule has 30 heavy (non-hydrogen) atoms. The molecule has 0 aliphatic carbocycles. The maximum absolute atomic E-state index is 12.2. The molecule has 2 aromatic rings. The van der Waals surface area contributed by atoms with Crippen molar-refractivity contribution in [2.75, 3.05) is 32.1 Å².